The molecule has 0 saturated heterocycles. The van der Waals surface area contributed by atoms with Crippen molar-refractivity contribution in [2.45, 2.75) is 25.7 Å². The van der Waals surface area contributed by atoms with Gasteiger partial charge in [-0.05, 0) is 61.6 Å². The smallest absolute Gasteiger partial charge is 0.343 e. The summed E-state index contributed by atoms with van der Waals surface area (Å²) in [5.74, 6) is 0.733. The van der Waals surface area contributed by atoms with E-state index in [0.29, 0.717) is 28.4 Å². The van der Waals surface area contributed by atoms with Crippen LogP contribution in [-0.2, 0) is 12.8 Å². The Morgan fingerprint density at radius 1 is 0.929 bits per heavy atom. The number of benzene rings is 2. The fraction of sp³-hybridized carbons (Fsp3) is 0.273. The largest absolute Gasteiger partial charge is 0.493 e. The first-order chi connectivity index (χ1) is 13.6. The van der Waals surface area contributed by atoms with Crippen LogP contribution in [-0.4, -0.2) is 20.2 Å². The van der Waals surface area contributed by atoms with Crippen LogP contribution in [0.4, 0.5) is 0 Å². The molecule has 2 aromatic carbocycles. The topological polar surface area (TPSA) is 75.0 Å². The van der Waals surface area contributed by atoms with Crippen molar-refractivity contribution in [3.05, 3.63) is 63.5 Å². The quantitative estimate of drug-likeness (QED) is 0.388. The molecule has 28 heavy (non-hydrogen) atoms. The number of methoxy groups -OCH3 is 2. The summed E-state index contributed by atoms with van der Waals surface area (Å²) in [5, 5.41) is 0.903. The van der Waals surface area contributed by atoms with Crippen molar-refractivity contribution < 1.29 is 23.4 Å². The number of hydrogen-bond donors (Lipinski definition) is 0. The minimum absolute atomic E-state index is 0.300. The van der Waals surface area contributed by atoms with E-state index in [1.54, 1.807) is 30.3 Å². The third-order valence-electron chi connectivity index (χ3n) is 5.02. The second-order valence-electron chi connectivity index (χ2n) is 6.67. The molecular weight excluding hydrogens is 360 g/mol. The fourth-order valence-electron chi connectivity index (χ4n) is 3.62. The number of esters is 1. The van der Waals surface area contributed by atoms with Gasteiger partial charge in [0.25, 0.3) is 0 Å². The molecule has 1 heterocycles. The molecule has 0 fully saturated rings. The van der Waals surface area contributed by atoms with Gasteiger partial charge < -0.3 is 18.6 Å². The summed E-state index contributed by atoms with van der Waals surface area (Å²) in [5.41, 5.74) is 2.28. The van der Waals surface area contributed by atoms with E-state index in [1.807, 2.05) is 6.07 Å². The zero-order valence-corrected chi connectivity index (χ0v) is 15.7. The Morgan fingerprint density at radius 3 is 2.43 bits per heavy atom. The van der Waals surface area contributed by atoms with Crippen molar-refractivity contribution in [3.8, 4) is 17.2 Å². The second-order valence-corrected chi connectivity index (χ2v) is 6.67. The van der Waals surface area contributed by atoms with Crippen molar-refractivity contribution in [1.82, 2.24) is 0 Å². The summed E-state index contributed by atoms with van der Waals surface area (Å²) < 4.78 is 21.3. The third-order valence-corrected chi connectivity index (χ3v) is 5.02. The summed E-state index contributed by atoms with van der Waals surface area (Å²) in [6.07, 6.45) is 3.68. The summed E-state index contributed by atoms with van der Waals surface area (Å²) in [6, 6.07) is 9.95. The van der Waals surface area contributed by atoms with Gasteiger partial charge in [-0.15, -0.1) is 0 Å². The van der Waals surface area contributed by atoms with Crippen molar-refractivity contribution >= 4 is 16.9 Å². The number of fused-ring (bicyclic) bond motifs is 3. The Balaban J connectivity index is 1.65. The van der Waals surface area contributed by atoms with Crippen LogP contribution in [0.25, 0.3) is 11.0 Å². The lowest BCUT2D eigenvalue weighted by molar-refractivity contribution is 0.0734. The van der Waals surface area contributed by atoms with Gasteiger partial charge in [0, 0.05) is 17.0 Å². The summed E-state index contributed by atoms with van der Waals surface area (Å²) in [7, 11) is 3.02. The van der Waals surface area contributed by atoms with Gasteiger partial charge >= 0.3 is 11.6 Å². The number of ether oxygens (including phenoxy) is 3. The monoisotopic (exact) mass is 380 g/mol. The maximum Gasteiger partial charge on any atom is 0.343 e. The lowest BCUT2D eigenvalue weighted by Crippen LogP contribution is -2.16. The number of aryl methyl sites for hydroxylation is 1. The van der Waals surface area contributed by atoms with Crippen molar-refractivity contribution in [2.24, 2.45) is 0 Å². The SMILES string of the molecule is COc1ccc(C(=O)Oc2ccc3c4c(c(=O)oc3c2)CCCC4)cc1OC. The van der Waals surface area contributed by atoms with Gasteiger partial charge in [-0.2, -0.15) is 0 Å². The molecule has 0 saturated carbocycles. The van der Waals surface area contributed by atoms with Crippen LogP contribution < -0.4 is 19.8 Å². The highest BCUT2D eigenvalue weighted by Crippen LogP contribution is 2.30. The van der Waals surface area contributed by atoms with Crippen LogP contribution in [0.3, 0.4) is 0 Å². The molecule has 0 atom stereocenters. The summed E-state index contributed by atoms with van der Waals surface area (Å²) in [6.45, 7) is 0. The molecule has 0 bridgehead atoms. The molecule has 0 radical (unpaired) electrons. The van der Waals surface area contributed by atoms with Gasteiger partial charge in [0.15, 0.2) is 11.5 Å². The molecule has 1 aromatic heterocycles. The van der Waals surface area contributed by atoms with Gasteiger partial charge in [-0.25, -0.2) is 9.59 Å². The predicted molar refractivity (Wildman–Crippen MR) is 104 cm³/mol. The molecule has 0 unspecified atom stereocenters. The van der Waals surface area contributed by atoms with Crippen LogP contribution in [0, 0.1) is 0 Å². The fourth-order valence-corrected chi connectivity index (χ4v) is 3.62. The minimum atomic E-state index is -0.541. The van der Waals surface area contributed by atoms with Crippen molar-refractivity contribution in [2.75, 3.05) is 14.2 Å². The summed E-state index contributed by atoms with van der Waals surface area (Å²) in [4.78, 5) is 24.8. The number of carbonyl (C=O) groups excluding carboxylic acids is 1. The van der Waals surface area contributed by atoms with Crippen molar-refractivity contribution in [3.63, 3.8) is 0 Å². The van der Waals surface area contributed by atoms with Crippen LogP contribution in [0.5, 0.6) is 17.2 Å². The van der Waals surface area contributed by atoms with E-state index in [0.717, 1.165) is 42.2 Å². The van der Waals surface area contributed by atoms with Crippen molar-refractivity contribution in [1.29, 1.82) is 0 Å². The molecular formula is C22H20O6. The van der Waals surface area contributed by atoms with E-state index in [2.05, 4.69) is 0 Å². The highest BCUT2D eigenvalue weighted by atomic mass is 16.5. The van der Waals surface area contributed by atoms with Gasteiger partial charge in [0.1, 0.15) is 11.3 Å². The third kappa shape index (κ3) is 3.22. The van der Waals surface area contributed by atoms with Crippen LogP contribution in [0.1, 0.15) is 34.3 Å². The van der Waals surface area contributed by atoms with E-state index in [4.69, 9.17) is 18.6 Å². The van der Waals surface area contributed by atoms with E-state index >= 15 is 0 Å². The molecule has 1 aliphatic rings. The second kappa shape index (κ2) is 7.38. The molecule has 144 valence electrons. The Labute approximate surface area is 161 Å². The van der Waals surface area contributed by atoms with Crippen LogP contribution in [0.15, 0.2) is 45.6 Å². The molecule has 4 rings (SSSR count). The van der Waals surface area contributed by atoms with Crippen LogP contribution in [0.2, 0.25) is 0 Å². The lowest BCUT2D eigenvalue weighted by Gasteiger charge is -2.16. The van der Waals surface area contributed by atoms with Crippen LogP contribution >= 0.6 is 0 Å². The zero-order chi connectivity index (χ0) is 19.7. The van der Waals surface area contributed by atoms with E-state index in [9.17, 15) is 9.59 Å². The first-order valence-corrected chi connectivity index (χ1v) is 9.13. The van der Waals surface area contributed by atoms with Gasteiger partial charge in [0.2, 0.25) is 0 Å². The number of carbonyl (C=O) groups is 1. The lowest BCUT2D eigenvalue weighted by atomic mass is 9.91. The maximum absolute atomic E-state index is 12.5. The molecule has 1 aliphatic carbocycles. The standard InChI is InChI=1S/C22H20O6/c1-25-18-10-7-13(11-20(18)26-2)21(23)27-14-8-9-16-15-5-3-4-6-17(15)22(24)28-19(16)12-14/h7-12H,3-6H2,1-2H3. The first kappa shape index (κ1) is 18.1. The van der Waals surface area contributed by atoms with Gasteiger partial charge in [-0.1, -0.05) is 0 Å². The van der Waals surface area contributed by atoms with Gasteiger partial charge in [0.05, 0.1) is 19.8 Å². The first-order valence-electron chi connectivity index (χ1n) is 9.13. The Bertz CT molecular complexity index is 1110. The van der Waals surface area contributed by atoms with Gasteiger partial charge in [-0.3, -0.25) is 0 Å². The molecule has 3 aromatic rings. The van der Waals surface area contributed by atoms with E-state index < -0.39 is 5.97 Å². The Hall–Kier alpha value is -3.28. The zero-order valence-electron chi connectivity index (χ0n) is 15.7. The molecule has 6 nitrogen and oxygen atoms in total. The molecule has 0 spiro atoms. The number of rotatable bonds is 4. The average Bonchev–Trinajstić information content (AvgIpc) is 2.73. The average molecular weight is 380 g/mol. The highest BCUT2D eigenvalue weighted by Gasteiger charge is 2.19. The molecule has 0 amide bonds. The molecule has 0 aliphatic heterocycles. The molecule has 6 heteroatoms. The predicted octanol–water partition coefficient (Wildman–Crippen LogP) is 3.91. The van der Waals surface area contributed by atoms with E-state index in [1.165, 1.54) is 14.2 Å². The Morgan fingerprint density at radius 2 is 1.68 bits per heavy atom. The summed E-state index contributed by atoms with van der Waals surface area (Å²) >= 11 is 0. The molecule has 0 N–H and O–H groups in total. The Kier molecular flexibility index (Phi) is 4.77. The maximum atomic E-state index is 12.5. The normalized spacial score (nSPS) is 13.1. The van der Waals surface area contributed by atoms with E-state index in [-0.39, 0.29) is 5.63 Å². The number of hydrogen-bond acceptors (Lipinski definition) is 6. The minimum Gasteiger partial charge on any atom is -0.493 e. The highest BCUT2D eigenvalue weighted by molar-refractivity contribution is 5.92.